The molecule has 0 aromatic heterocycles. The van der Waals surface area contributed by atoms with Crippen molar-refractivity contribution in [1.29, 1.82) is 0 Å². The molecule has 2 heterocycles. The lowest BCUT2D eigenvalue weighted by Gasteiger charge is -2.44. The van der Waals surface area contributed by atoms with Gasteiger partial charge in [0.25, 0.3) is 0 Å². The van der Waals surface area contributed by atoms with E-state index < -0.39 is 5.38 Å². The number of amides is 2. The normalized spacial score (nSPS) is 25.4. The highest BCUT2D eigenvalue weighted by molar-refractivity contribution is 8.00. The van der Waals surface area contributed by atoms with Crippen LogP contribution in [0.3, 0.4) is 0 Å². The first-order valence-electron chi connectivity index (χ1n) is 9.39. The van der Waals surface area contributed by atoms with E-state index in [-0.39, 0.29) is 10.8 Å². The van der Waals surface area contributed by atoms with Crippen molar-refractivity contribution >= 4 is 35.2 Å². The van der Waals surface area contributed by atoms with Gasteiger partial charge in [0, 0.05) is 31.8 Å². The van der Waals surface area contributed by atoms with Gasteiger partial charge in [0.2, 0.25) is 11.8 Å². The summed E-state index contributed by atoms with van der Waals surface area (Å²) in [5.41, 5.74) is 0. The Morgan fingerprint density at radius 1 is 1.21 bits per heavy atom. The molecule has 1 spiro atoms. The van der Waals surface area contributed by atoms with Crippen molar-refractivity contribution in [3.63, 3.8) is 0 Å². The van der Waals surface area contributed by atoms with Crippen molar-refractivity contribution in [2.45, 2.75) is 68.5 Å². The third kappa shape index (κ3) is 3.87. The molecule has 2 aliphatic heterocycles. The van der Waals surface area contributed by atoms with E-state index in [1.165, 1.54) is 25.7 Å². The standard InChI is InChI=1S/C18H29ClN2O2S/c1-14(19)17(23)20-10-8-18(9-11-20)21(12-13-24-18)16(22)7-6-15-4-2-3-5-15/h14-15H,2-13H2,1H3/t14-/m1/s1. The second-order valence-corrected chi connectivity index (χ2v) is 9.58. The van der Waals surface area contributed by atoms with Crippen LogP contribution in [0.2, 0.25) is 0 Å². The molecular weight excluding hydrogens is 344 g/mol. The molecule has 2 saturated heterocycles. The van der Waals surface area contributed by atoms with Gasteiger partial charge in [0.15, 0.2) is 0 Å². The zero-order chi connectivity index (χ0) is 17.2. The smallest absolute Gasteiger partial charge is 0.240 e. The number of hydrogen-bond donors (Lipinski definition) is 0. The Labute approximate surface area is 154 Å². The van der Waals surface area contributed by atoms with Crippen molar-refractivity contribution in [3.05, 3.63) is 0 Å². The predicted octanol–water partition coefficient (Wildman–Crippen LogP) is 3.48. The summed E-state index contributed by atoms with van der Waals surface area (Å²) in [5.74, 6) is 2.14. The van der Waals surface area contributed by atoms with Gasteiger partial charge in [-0.15, -0.1) is 23.4 Å². The lowest BCUT2D eigenvalue weighted by Crippen LogP contribution is -2.54. The molecule has 4 nitrogen and oxygen atoms in total. The number of piperidine rings is 1. The molecule has 3 aliphatic rings. The van der Waals surface area contributed by atoms with Crippen LogP contribution < -0.4 is 0 Å². The number of carbonyl (C=O) groups is 2. The van der Waals surface area contributed by atoms with Crippen LogP contribution in [0.15, 0.2) is 0 Å². The van der Waals surface area contributed by atoms with Crippen LogP contribution in [0.1, 0.15) is 58.3 Å². The van der Waals surface area contributed by atoms with Crippen LogP contribution in [0.4, 0.5) is 0 Å². The number of alkyl halides is 1. The topological polar surface area (TPSA) is 40.6 Å². The molecule has 0 bridgehead atoms. The molecule has 3 rings (SSSR count). The number of likely N-dealkylation sites (tertiary alicyclic amines) is 1. The average Bonchev–Trinajstić information content (AvgIpc) is 3.23. The Hall–Kier alpha value is -0.420. The van der Waals surface area contributed by atoms with Crippen molar-refractivity contribution in [3.8, 4) is 0 Å². The summed E-state index contributed by atoms with van der Waals surface area (Å²) in [6, 6.07) is 0. The highest BCUT2D eigenvalue weighted by Gasteiger charge is 2.46. The minimum absolute atomic E-state index is 0.0219. The zero-order valence-corrected chi connectivity index (χ0v) is 16.2. The molecule has 0 N–H and O–H groups in total. The van der Waals surface area contributed by atoms with Crippen molar-refractivity contribution in [1.82, 2.24) is 9.80 Å². The summed E-state index contributed by atoms with van der Waals surface area (Å²) >= 11 is 7.85. The molecule has 3 fully saturated rings. The van der Waals surface area contributed by atoms with E-state index in [4.69, 9.17) is 11.6 Å². The maximum Gasteiger partial charge on any atom is 0.240 e. The second-order valence-electron chi connectivity index (χ2n) is 7.47. The SMILES string of the molecule is C[C@@H](Cl)C(=O)N1CCC2(CC1)SCCN2C(=O)CCC1CCCC1. The maximum absolute atomic E-state index is 12.8. The number of thioether (sulfide) groups is 1. The fraction of sp³-hybridized carbons (Fsp3) is 0.889. The van der Waals surface area contributed by atoms with E-state index >= 15 is 0 Å². The van der Waals surface area contributed by atoms with E-state index in [0.29, 0.717) is 12.3 Å². The zero-order valence-electron chi connectivity index (χ0n) is 14.6. The molecule has 136 valence electrons. The maximum atomic E-state index is 12.8. The first-order valence-corrected chi connectivity index (χ1v) is 10.8. The summed E-state index contributed by atoms with van der Waals surface area (Å²) in [5, 5.41) is -0.459. The number of carbonyl (C=O) groups excluding carboxylic acids is 2. The third-order valence-corrected chi connectivity index (χ3v) is 7.66. The van der Waals surface area contributed by atoms with Crippen LogP contribution in [0, 0.1) is 5.92 Å². The van der Waals surface area contributed by atoms with Gasteiger partial charge >= 0.3 is 0 Å². The van der Waals surface area contributed by atoms with Crippen LogP contribution in [0.25, 0.3) is 0 Å². The first-order chi connectivity index (χ1) is 11.5. The molecule has 0 unspecified atom stereocenters. The molecule has 1 atom stereocenters. The number of rotatable bonds is 4. The Kier molecular flexibility index (Phi) is 6.02. The quantitative estimate of drug-likeness (QED) is 0.709. The molecule has 1 aliphatic carbocycles. The molecule has 24 heavy (non-hydrogen) atoms. The van der Waals surface area contributed by atoms with E-state index in [1.807, 2.05) is 16.7 Å². The van der Waals surface area contributed by atoms with Gasteiger partial charge in [-0.05, 0) is 32.1 Å². The predicted molar refractivity (Wildman–Crippen MR) is 99.2 cm³/mol. The Morgan fingerprint density at radius 2 is 1.88 bits per heavy atom. The molecule has 1 saturated carbocycles. The number of halogens is 1. The average molecular weight is 373 g/mol. The van der Waals surface area contributed by atoms with Crippen LogP contribution in [-0.4, -0.2) is 57.2 Å². The van der Waals surface area contributed by atoms with E-state index in [1.54, 1.807) is 6.92 Å². The van der Waals surface area contributed by atoms with Gasteiger partial charge in [-0.1, -0.05) is 25.7 Å². The minimum Gasteiger partial charge on any atom is -0.341 e. The number of hydrogen-bond acceptors (Lipinski definition) is 3. The van der Waals surface area contributed by atoms with E-state index in [9.17, 15) is 9.59 Å². The summed E-state index contributed by atoms with van der Waals surface area (Å²) in [6.07, 6.45) is 8.81. The summed E-state index contributed by atoms with van der Waals surface area (Å²) in [6.45, 7) is 4.04. The van der Waals surface area contributed by atoms with Crippen LogP contribution >= 0.6 is 23.4 Å². The third-order valence-electron chi connectivity index (χ3n) is 5.92. The molecular formula is C18H29ClN2O2S. The Bertz CT molecular complexity index is 472. The fourth-order valence-corrected chi connectivity index (χ4v) is 6.08. The van der Waals surface area contributed by atoms with Crippen LogP contribution in [-0.2, 0) is 9.59 Å². The number of nitrogens with zero attached hydrogens (tertiary/aromatic N) is 2. The van der Waals surface area contributed by atoms with Gasteiger partial charge in [-0.2, -0.15) is 0 Å². The van der Waals surface area contributed by atoms with Gasteiger partial charge < -0.3 is 9.80 Å². The van der Waals surface area contributed by atoms with E-state index in [0.717, 1.165) is 50.6 Å². The van der Waals surface area contributed by atoms with E-state index in [2.05, 4.69) is 4.90 Å². The minimum atomic E-state index is -0.459. The van der Waals surface area contributed by atoms with Crippen LogP contribution in [0.5, 0.6) is 0 Å². The summed E-state index contributed by atoms with van der Waals surface area (Å²) in [7, 11) is 0. The first kappa shape index (κ1) is 18.4. The van der Waals surface area contributed by atoms with Gasteiger partial charge in [0.05, 0.1) is 4.87 Å². The highest BCUT2D eigenvalue weighted by atomic mass is 35.5. The monoisotopic (exact) mass is 372 g/mol. The summed E-state index contributed by atoms with van der Waals surface area (Å²) in [4.78, 5) is 28.8. The fourth-order valence-electron chi connectivity index (χ4n) is 4.46. The molecule has 6 heteroatoms. The van der Waals surface area contributed by atoms with Crippen molar-refractivity contribution < 1.29 is 9.59 Å². The van der Waals surface area contributed by atoms with Crippen molar-refractivity contribution in [2.24, 2.45) is 5.92 Å². The molecule has 0 radical (unpaired) electrons. The summed E-state index contributed by atoms with van der Waals surface area (Å²) < 4.78 is 0. The largest absolute Gasteiger partial charge is 0.341 e. The molecule has 0 aromatic rings. The Balaban J connectivity index is 1.55. The van der Waals surface area contributed by atoms with Gasteiger partial charge in [-0.3, -0.25) is 9.59 Å². The van der Waals surface area contributed by atoms with Gasteiger partial charge in [0.1, 0.15) is 5.38 Å². The van der Waals surface area contributed by atoms with Gasteiger partial charge in [-0.25, -0.2) is 0 Å². The Morgan fingerprint density at radius 3 is 2.50 bits per heavy atom. The van der Waals surface area contributed by atoms with Crippen molar-refractivity contribution in [2.75, 3.05) is 25.4 Å². The molecule has 0 aromatic carbocycles. The highest BCUT2D eigenvalue weighted by Crippen LogP contribution is 2.44. The second kappa shape index (κ2) is 7.86. The lowest BCUT2D eigenvalue weighted by molar-refractivity contribution is -0.137. The lowest BCUT2D eigenvalue weighted by atomic mass is 9.98. The molecule has 2 amide bonds.